The third-order valence-corrected chi connectivity index (χ3v) is 9.39. The van der Waals surface area contributed by atoms with Crippen molar-refractivity contribution in [3.63, 3.8) is 0 Å². The number of thioether (sulfide) groups is 1. The maximum atomic E-state index is 14.8. The molecular formula is C30H36Cl2FNOS. The minimum Gasteiger partial charge on any atom is -0.330 e. The zero-order chi connectivity index (χ0) is 26.3. The van der Waals surface area contributed by atoms with Gasteiger partial charge in [0.05, 0.1) is 16.5 Å². The number of carbonyl (C=O) groups is 1. The molecule has 2 fully saturated rings. The molecule has 36 heavy (non-hydrogen) atoms. The molecule has 1 aliphatic carbocycles. The first-order valence-corrected chi connectivity index (χ1v) is 14.5. The normalized spacial score (nSPS) is 25.6. The van der Waals surface area contributed by atoms with E-state index in [9.17, 15) is 9.18 Å². The number of amides is 1. The summed E-state index contributed by atoms with van der Waals surface area (Å²) in [5.74, 6) is 0.923. The van der Waals surface area contributed by atoms with Crippen LogP contribution < -0.4 is 0 Å². The summed E-state index contributed by atoms with van der Waals surface area (Å²) in [5.41, 5.74) is 1.24. The van der Waals surface area contributed by atoms with Gasteiger partial charge >= 0.3 is 0 Å². The Morgan fingerprint density at radius 1 is 1.19 bits per heavy atom. The Kier molecular flexibility index (Phi) is 8.19. The lowest BCUT2D eigenvalue weighted by molar-refractivity contribution is -0.154. The maximum Gasteiger partial charge on any atom is 0.229 e. The summed E-state index contributed by atoms with van der Waals surface area (Å²) in [4.78, 5) is 16.6. The quantitative estimate of drug-likeness (QED) is 0.307. The monoisotopic (exact) mass is 547 g/mol. The number of benzene rings is 2. The van der Waals surface area contributed by atoms with E-state index in [2.05, 4.69) is 45.2 Å². The van der Waals surface area contributed by atoms with Crippen LogP contribution >= 0.6 is 35.0 Å². The van der Waals surface area contributed by atoms with Crippen molar-refractivity contribution in [3.8, 4) is 0 Å². The lowest BCUT2D eigenvalue weighted by Crippen LogP contribution is -2.57. The lowest BCUT2D eigenvalue weighted by atomic mass is 9.67. The minimum atomic E-state index is -0.601. The Balaban J connectivity index is 1.90. The highest BCUT2D eigenvalue weighted by Crippen LogP contribution is 2.54. The molecule has 1 amide bonds. The molecule has 2 aliphatic rings. The third kappa shape index (κ3) is 5.97. The molecular weight excluding hydrogens is 512 g/mol. The van der Waals surface area contributed by atoms with E-state index in [1.54, 1.807) is 6.07 Å². The van der Waals surface area contributed by atoms with Gasteiger partial charge in [-0.05, 0) is 67.0 Å². The molecule has 1 heterocycles. The number of allylic oxidation sites excluding steroid dienone is 1. The molecule has 0 aromatic heterocycles. The molecule has 0 spiro atoms. The highest BCUT2D eigenvalue weighted by Gasteiger charge is 2.53. The van der Waals surface area contributed by atoms with Gasteiger partial charge in [-0.1, -0.05) is 75.2 Å². The second kappa shape index (κ2) is 10.7. The van der Waals surface area contributed by atoms with E-state index >= 15 is 0 Å². The van der Waals surface area contributed by atoms with Crippen molar-refractivity contribution >= 4 is 40.9 Å². The first-order chi connectivity index (χ1) is 16.9. The van der Waals surface area contributed by atoms with Gasteiger partial charge in [-0.15, -0.1) is 6.58 Å². The molecule has 6 heteroatoms. The van der Waals surface area contributed by atoms with Crippen LogP contribution in [0.2, 0.25) is 10.0 Å². The molecule has 194 valence electrons. The highest BCUT2D eigenvalue weighted by molar-refractivity contribution is 8.00. The summed E-state index contributed by atoms with van der Waals surface area (Å²) in [6.45, 7) is 12.7. The van der Waals surface area contributed by atoms with E-state index in [0.717, 1.165) is 29.7 Å². The molecule has 2 nitrogen and oxygen atoms in total. The first kappa shape index (κ1) is 27.5. The van der Waals surface area contributed by atoms with E-state index in [0.29, 0.717) is 23.8 Å². The Labute approximate surface area is 229 Å². The van der Waals surface area contributed by atoms with Gasteiger partial charge < -0.3 is 4.90 Å². The average molecular weight is 549 g/mol. The molecule has 4 rings (SSSR count). The van der Waals surface area contributed by atoms with Crippen LogP contribution in [0.5, 0.6) is 0 Å². The molecule has 0 bridgehead atoms. The van der Waals surface area contributed by atoms with Gasteiger partial charge in [0.2, 0.25) is 5.91 Å². The fourth-order valence-electron chi connectivity index (χ4n) is 5.55. The fourth-order valence-corrected chi connectivity index (χ4v) is 6.97. The van der Waals surface area contributed by atoms with Gasteiger partial charge in [0, 0.05) is 27.5 Å². The summed E-state index contributed by atoms with van der Waals surface area (Å²) < 4.78 is 14.9. The van der Waals surface area contributed by atoms with Gasteiger partial charge in [0.15, 0.2) is 0 Å². The summed E-state index contributed by atoms with van der Waals surface area (Å²) >= 11 is 14.4. The Bertz CT molecular complexity index is 1130. The maximum absolute atomic E-state index is 14.8. The Morgan fingerprint density at radius 2 is 1.92 bits per heavy atom. The Morgan fingerprint density at radius 3 is 2.50 bits per heavy atom. The van der Waals surface area contributed by atoms with Crippen molar-refractivity contribution < 1.29 is 9.18 Å². The summed E-state index contributed by atoms with van der Waals surface area (Å²) in [6, 6.07) is 12.6. The van der Waals surface area contributed by atoms with Crippen LogP contribution in [0.1, 0.15) is 76.5 Å². The van der Waals surface area contributed by atoms with E-state index in [1.165, 1.54) is 6.07 Å². The molecule has 1 unspecified atom stereocenters. The fraction of sp³-hybridized carbons (Fsp3) is 0.500. The van der Waals surface area contributed by atoms with Crippen LogP contribution in [0, 0.1) is 17.2 Å². The van der Waals surface area contributed by atoms with Crippen LogP contribution in [0.25, 0.3) is 0 Å². The SMILES string of the molecule is C=CC[C@@]1(C)C[C@H](c2cccc(Cl)c2)[C@@H](c2ccc(Cl)c(F)c2)N(C(CSC(C)(C)C)C2CC2)C1=O. The van der Waals surface area contributed by atoms with E-state index in [4.69, 9.17) is 23.2 Å². The van der Waals surface area contributed by atoms with Crippen LogP contribution in [-0.2, 0) is 4.79 Å². The number of hydrogen-bond donors (Lipinski definition) is 0. The molecule has 2 aromatic rings. The summed E-state index contributed by atoms with van der Waals surface area (Å²) in [5, 5.41) is 0.745. The molecule has 1 saturated carbocycles. The van der Waals surface area contributed by atoms with Crippen molar-refractivity contribution in [2.24, 2.45) is 11.3 Å². The largest absolute Gasteiger partial charge is 0.330 e. The van der Waals surface area contributed by atoms with Crippen LogP contribution in [-0.4, -0.2) is 27.3 Å². The summed E-state index contributed by atoms with van der Waals surface area (Å²) in [6.07, 6.45) is 5.30. The second-order valence-corrected chi connectivity index (χ2v) is 14.3. The van der Waals surface area contributed by atoms with Crippen LogP contribution in [0.4, 0.5) is 4.39 Å². The van der Waals surface area contributed by atoms with Crippen LogP contribution in [0.3, 0.4) is 0 Å². The van der Waals surface area contributed by atoms with Crippen LogP contribution in [0.15, 0.2) is 55.1 Å². The number of piperidine rings is 1. The highest BCUT2D eigenvalue weighted by atomic mass is 35.5. The predicted octanol–water partition coefficient (Wildman–Crippen LogP) is 9.08. The number of hydrogen-bond acceptors (Lipinski definition) is 2. The van der Waals surface area contributed by atoms with E-state index < -0.39 is 11.2 Å². The number of likely N-dealkylation sites (tertiary alicyclic amines) is 1. The number of nitrogens with zero attached hydrogens (tertiary/aromatic N) is 1. The Hall–Kier alpha value is -1.49. The molecule has 2 aromatic carbocycles. The van der Waals surface area contributed by atoms with E-state index in [1.807, 2.05) is 42.1 Å². The van der Waals surface area contributed by atoms with Gasteiger partial charge in [-0.25, -0.2) is 4.39 Å². The smallest absolute Gasteiger partial charge is 0.229 e. The number of rotatable bonds is 8. The third-order valence-electron chi connectivity index (χ3n) is 7.47. The number of halogens is 3. The predicted molar refractivity (Wildman–Crippen MR) is 151 cm³/mol. The molecule has 1 aliphatic heterocycles. The van der Waals surface area contributed by atoms with Crippen molar-refractivity contribution in [3.05, 3.63) is 82.1 Å². The van der Waals surface area contributed by atoms with Crippen molar-refractivity contribution in [2.75, 3.05) is 5.75 Å². The lowest BCUT2D eigenvalue weighted by Gasteiger charge is -2.52. The van der Waals surface area contributed by atoms with Gasteiger partial charge in [0.25, 0.3) is 0 Å². The van der Waals surface area contributed by atoms with E-state index in [-0.39, 0.29) is 33.7 Å². The molecule has 0 radical (unpaired) electrons. The molecule has 1 saturated heterocycles. The number of carbonyl (C=O) groups excluding carboxylic acids is 1. The molecule has 0 N–H and O–H groups in total. The van der Waals surface area contributed by atoms with Gasteiger partial charge in [-0.2, -0.15) is 11.8 Å². The van der Waals surface area contributed by atoms with Gasteiger partial charge in [0.1, 0.15) is 5.82 Å². The standard InChI is InChI=1S/C30H36Cl2FNOS/c1-6-14-30(5)17-23(20-8-7-9-22(31)15-20)27(21-12-13-24(32)25(33)16-21)34(28(30)35)26(19-10-11-19)18-36-29(2,3)4/h6-9,12-13,15-16,19,23,26-27H,1,10-11,14,17-18H2,2-5H3/t23-,26?,27-,30+/m1/s1. The second-order valence-electron chi connectivity index (χ2n) is 11.6. The van der Waals surface area contributed by atoms with Crippen molar-refractivity contribution in [2.45, 2.75) is 76.1 Å². The topological polar surface area (TPSA) is 20.3 Å². The first-order valence-electron chi connectivity index (χ1n) is 12.7. The average Bonchev–Trinajstić information content (AvgIpc) is 3.63. The molecule has 4 atom stereocenters. The summed E-state index contributed by atoms with van der Waals surface area (Å²) in [7, 11) is 0. The van der Waals surface area contributed by atoms with Crippen molar-refractivity contribution in [1.82, 2.24) is 4.90 Å². The van der Waals surface area contributed by atoms with Crippen molar-refractivity contribution in [1.29, 1.82) is 0 Å². The zero-order valence-corrected chi connectivity index (χ0v) is 23.9. The minimum absolute atomic E-state index is 0.0483. The van der Waals surface area contributed by atoms with Gasteiger partial charge in [-0.3, -0.25) is 4.79 Å². The zero-order valence-electron chi connectivity index (χ0n) is 21.6.